The molecule has 3 heterocycles. The third-order valence-corrected chi connectivity index (χ3v) is 6.94. The van der Waals surface area contributed by atoms with Crippen LogP contribution in [0.25, 0.3) is 0 Å². The van der Waals surface area contributed by atoms with E-state index in [-0.39, 0.29) is 35.6 Å². The van der Waals surface area contributed by atoms with Crippen LogP contribution in [0.3, 0.4) is 0 Å². The Morgan fingerprint density at radius 3 is 2.43 bits per heavy atom. The van der Waals surface area contributed by atoms with Gasteiger partial charge < -0.3 is 25.2 Å². The van der Waals surface area contributed by atoms with Crippen molar-refractivity contribution < 1.29 is 23.9 Å². The molecule has 0 bridgehead atoms. The molecule has 4 rings (SSSR count). The molecule has 1 aromatic carbocycles. The van der Waals surface area contributed by atoms with Crippen molar-refractivity contribution in [3.63, 3.8) is 0 Å². The molecule has 2 saturated heterocycles. The molecule has 0 saturated carbocycles. The zero-order chi connectivity index (χ0) is 26.9. The summed E-state index contributed by atoms with van der Waals surface area (Å²) in [6.07, 6.45) is 3.33. The number of pyridine rings is 1. The van der Waals surface area contributed by atoms with E-state index >= 15 is 0 Å². The van der Waals surface area contributed by atoms with Crippen LogP contribution in [-0.2, 0) is 9.59 Å². The second-order valence-corrected chi connectivity index (χ2v) is 10.3. The Morgan fingerprint density at radius 1 is 1.11 bits per heavy atom. The SMILES string of the molecule is CC(C)C[C@H](NC(=O)c1ccc(N(C)C)cc1)C(=O)N1CC[C@@H]2[C@H]1C(=O)CN2C(=O)c1ccc[n+]([O-])c1. The third kappa shape index (κ3) is 5.42. The van der Waals surface area contributed by atoms with Gasteiger partial charge in [0.2, 0.25) is 5.91 Å². The van der Waals surface area contributed by atoms with Crippen molar-refractivity contribution in [2.24, 2.45) is 5.92 Å². The van der Waals surface area contributed by atoms with Crippen molar-refractivity contribution in [2.45, 2.75) is 44.8 Å². The van der Waals surface area contributed by atoms with E-state index in [1.165, 1.54) is 34.3 Å². The lowest BCUT2D eigenvalue weighted by molar-refractivity contribution is -0.605. The molecule has 0 unspecified atom stereocenters. The summed E-state index contributed by atoms with van der Waals surface area (Å²) in [5.74, 6) is -1.18. The Labute approximate surface area is 216 Å². The van der Waals surface area contributed by atoms with Crippen LogP contribution >= 0.6 is 0 Å². The van der Waals surface area contributed by atoms with Crippen molar-refractivity contribution >= 4 is 29.2 Å². The third-order valence-electron chi connectivity index (χ3n) is 6.94. The van der Waals surface area contributed by atoms with Gasteiger partial charge in [0.25, 0.3) is 11.8 Å². The van der Waals surface area contributed by atoms with Crippen molar-refractivity contribution in [3.05, 3.63) is 65.1 Å². The summed E-state index contributed by atoms with van der Waals surface area (Å²) in [4.78, 5) is 57.7. The highest BCUT2D eigenvalue weighted by atomic mass is 16.5. The number of carbonyl (C=O) groups is 4. The fourth-order valence-corrected chi connectivity index (χ4v) is 5.13. The lowest BCUT2D eigenvalue weighted by Crippen LogP contribution is -2.53. The summed E-state index contributed by atoms with van der Waals surface area (Å²) in [6.45, 7) is 4.12. The van der Waals surface area contributed by atoms with Gasteiger partial charge in [-0.05, 0) is 49.1 Å². The van der Waals surface area contributed by atoms with Gasteiger partial charge in [0, 0.05) is 38.0 Å². The normalized spacial score (nSPS) is 19.6. The molecule has 10 nitrogen and oxygen atoms in total. The lowest BCUT2D eigenvalue weighted by atomic mass is 10.0. The van der Waals surface area contributed by atoms with Gasteiger partial charge in [-0.2, -0.15) is 4.73 Å². The average molecular weight is 508 g/mol. The van der Waals surface area contributed by atoms with Crippen LogP contribution in [0.5, 0.6) is 0 Å². The lowest BCUT2D eigenvalue weighted by Gasteiger charge is -2.29. The number of nitrogens with one attached hydrogen (secondary N) is 1. The number of rotatable bonds is 7. The minimum atomic E-state index is -0.800. The van der Waals surface area contributed by atoms with Crippen molar-refractivity contribution in [3.8, 4) is 0 Å². The molecule has 2 aromatic rings. The van der Waals surface area contributed by atoms with Crippen molar-refractivity contribution in [1.82, 2.24) is 15.1 Å². The van der Waals surface area contributed by atoms with Gasteiger partial charge in [0.15, 0.2) is 18.2 Å². The van der Waals surface area contributed by atoms with Crippen LogP contribution in [0.4, 0.5) is 5.69 Å². The number of fused-ring (bicyclic) bond motifs is 1. The molecule has 1 N–H and O–H groups in total. The van der Waals surface area contributed by atoms with Crippen molar-refractivity contribution in [1.29, 1.82) is 0 Å². The number of nitrogens with zero attached hydrogens (tertiary/aromatic N) is 4. The van der Waals surface area contributed by atoms with Gasteiger partial charge in [-0.3, -0.25) is 19.2 Å². The molecule has 2 aliphatic heterocycles. The number of anilines is 1. The van der Waals surface area contributed by atoms with Gasteiger partial charge in [-0.1, -0.05) is 13.8 Å². The van der Waals surface area contributed by atoms with Gasteiger partial charge in [-0.15, -0.1) is 0 Å². The number of aromatic nitrogens is 1. The summed E-state index contributed by atoms with van der Waals surface area (Å²) in [7, 11) is 3.82. The molecule has 2 aliphatic rings. The van der Waals surface area contributed by atoms with Gasteiger partial charge in [0.05, 0.1) is 12.6 Å². The second-order valence-electron chi connectivity index (χ2n) is 10.3. The first-order valence-electron chi connectivity index (χ1n) is 12.5. The van der Waals surface area contributed by atoms with E-state index in [0.717, 1.165) is 5.69 Å². The monoisotopic (exact) mass is 507 g/mol. The summed E-state index contributed by atoms with van der Waals surface area (Å²) < 4.78 is 0.542. The molecular formula is C27H33N5O5. The minimum Gasteiger partial charge on any atom is -0.619 e. The molecule has 0 spiro atoms. The Kier molecular flexibility index (Phi) is 7.47. The molecule has 3 amide bonds. The van der Waals surface area contributed by atoms with Gasteiger partial charge in [-0.25, -0.2) is 0 Å². The van der Waals surface area contributed by atoms with E-state index in [1.54, 1.807) is 12.1 Å². The zero-order valence-electron chi connectivity index (χ0n) is 21.6. The number of likely N-dealkylation sites (tertiary alicyclic amines) is 2. The quantitative estimate of drug-likeness (QED) is 0.445. The fraction of sp³-hybridized carbons (Fsp3) is 0.444. The molecule has 1 aromatic heterocycles. The van der Waals surface area contributed by atoms with Crippen LogP contribution in [-0.4, -0.2) is 78.6 Å². The number of ketones is 1. The van der Waals surface area contributed by atoms with E-state index in [2.05, 4.69) is 5.32 Å². The molecule has 3 atom stereocenters. The predicted octanol–water partition coefficient (Wildman–Crippen LogP) is 1.23. The summed E-state index contributed by atoms with van der Waals surface area (Å²) in [5, 5.41) is 14.5. The summed E-state index contributed by atoms with van der Waals surface area (Å²) >= 11 is 0. The van der Waals surface area contributed by atoms with Crippen LogP contribution in [0, 0.1) is 11.1 Å². The Hall–Kier alpha value is -3.95. The van der Waals surface area contributed by atoms with Crippen LogP contribution in [0.1, 0.15) is 47.4 Å². The van der Waals surface area contributed by atoms with Crippen LogP contribution in [0.2, 0.25) is 0 Å². The smallest absolute Gasteiger partial charge is 0.260 e. The molecule has 10 heteroatoms. The predicted molar refractivity (Wildman–Crippen MR) is 137 cm³/mol. The highest BCUT2D eigenvalue weighted by Crippen LogP contribution is 2.31. The Balaban J connectivity index is 1.50. The standard InChI is InChI=1S/C27H33N5O5/c1-17(2)14-21(28-25(34)18-7-9-20(10-8-18)29(3)4)27(36)31-13-11-22-24(31)23(33)16-32(22)26(35)19-6-5-12-30(37)15-19/h5-10,12,15,17,21-22,24H,11,13-14,16H2,1-4H3,(H,28,34)/t21-,22+,24-/m0/s1. The number of Topliss-reactive ketones (excluding diaryl/α,β-unsaturated/α-hetero) is 1. The first-order valence-corrected chi connectivity index (χ1v) is 12.5. The first-order chi connectivity index (χ1) is 17.6. The van der Waals surface area contributed by atoms with Gasteiger partial charge in [0.1, 0.15) is 17.6 Å². The molecule has 0 aliphatic carbocycles. The summed E-state index contributed by atoms with van der Waals surface area (Å²) in [5.41, 5.74) is 1.59. The van der Waals surface area contributed by atoms with E-state index in [1.807, 2.05) is 45.0 Å². The van der Waals surface area contributed by atoms with E-state index < -0.39 is 24.0 Å². The largest absolute Gasteiger partial charge is 0.619 e. The number of hydrogen-bond donors (Lipinski definition) is 1. The zero-order valence-corrected chi connectivity index (χ0v) is 21.6. The van der Waals surface area contributed by atoms with E-state index in [4.69, 9.17) is 0 Å². The number of hydrogen-bond acceptors (Lipinski definition) is 6. The molecule has 2 fully saturated rings. The number of benzene rings is 1. The van der Waals surface area contributed by atoms with Crippen LogP contribution < -0.4 is 14.9 Å². The molecular weight excluding hydrogens is 474 g/mol. The van der Waals surface area contributed by atoms with E-state index in [9.17, 15) is 24.4 Å². The minimum absolute atomic E-state index is 0.120. The highest BCUT2D eigenvalue weighted by Gasteiger charge is 2.52. The Bertz CT molecular complexity index is 1200. The maximum absolute atomic E-state index is 13.7. The maximum Gasteiger partial charge on any atom is 0.260 e. The second kappa shape index (κ2) is 10.6. The van der Waals surface area contributed by atoms with Crippen molar-refractivity contribution in [2.75, 3.05) is 32.1 Å². The number of carbonyl (C=O) groups excluding carboxylic acids is 4. The average Bonchev–Trinajstić information content (AvgIpc) is 3.43. The topological polar surface area (TPSA) is 117 Å². The first kappa shape index (κ1) is 26.1. The van der Waals surface area contributed by atoms with Crippen LogP contribution in [0.15, 0.2) is 48.8 Å². The molecule has 0 radical (unpaired) electrons. The fourth-order valence-electron chi connectivity index (χ4n) is 5.13. The molecule has 196 valence electrons. The molecule has 37 heavy (non-hydrogen) atoms. The summed E-state index contributed by atoms with van der Waals surface area (Å²) in [6, 6.07) is 8.10. The van der Waals surface area contributed by atoms with Gasteiger partial charge >= 0.3 is 0 Å². The van der Waals surface area contributed by atoms with E-state index in [0.29, 0.717) is 29.7 Å². The highest BCUT2D eigenvalue weighted by molar-refractivity contribution is 6.03. The maximum atomic E-state index is 13.7. The Morgan fingerprint density at radius 2 is 1.81 bits per heavy atom. The number of amides is 3.